The van der Waals surface area contributed by atoms with Crippen LogP contribution in [-0.4, -0.2) is 52.8 Å². The highest BCUT2D eigenvalue weighted by atomic mass is 16.5. The number of piperidine rings is 1. The number of rotatable bonds is 11. The number of aliphatic carboxylic acids is 1. The van der Waals surface area contributed by atoms with E-state index in [4.69, 9.17) is 14.6 Å². The summed E-state index contributed by atoms with van der Waals surface area (Å²) < 4.78 is 12.0. The summed E-state index contributed by atoms with van der Waals surface area (Å²) >= 11 is 0. The zero-order valence-corrected chi connectivity index (χ0v) is 22.7. The first-order valence-electron chi connectivity index (χ1n) is 13.3. The first kappa shape index (κ1) is 27.9. The molecule has 0 spiro atoms. The van der Waals surface area contributed by atoms with Gasteiger partial charge in [0, 0.05) is 13.0 Å². The van der Waals surface area contributed by atoms with Gasteiger partial charge >= 0.3 is 5.97 Å². The van der Waals surface area contributed by atoms with E-state index in [2.05, 4.69) is 20.2 Å². The fourth-order valence-electron chi connectivity index (χ4n) is 4.56. The molecule has 0 unspecified atom stereocenters. The molecule has 0 bridgehead atoms. The molecule has 39 heavy (non-hydrogen) atoms. The van der Waals surface area contributed by atoms with E-state index in [-0.39, 0.29) is 18.4 Å². The Hall–Kier alpha value is -4.14. The molecule has 0 saturated carbocycles. The van der Waals surface area contributed by atoms with Gasteiger partial charge in [-0.15, -0.1) is 0 Å². The minimum Gasteiger partial charge on any atom is -0.490 e. The molecule has 2 heterocycles. The fourth-order valence-corrected chi connectivity index (χ4v) is 4.56. The average molecular weight is 533 g/mol. The molecule has 1 saturated heterocycles. The van der Waals surface area contributed by atoms with Crippen molar-refractivity contribution in [2.45, 2.75) is 58.0 Å². The number of aryl methyl sites for hydroxylation is 1. The van der Waals surface area contributed by atoms with Gasteiger partial charge in [-0.1, -0.05) is 36.4 Å². The molecule has 3 aromatic rings. The van der Waals surface area contributed by atoms with Gasteiger partial charge < -0.3 is 24.8 Å². The number of amides is 1. The Morgan fingerprint density at radius 3 is 2.56 bits per heavy atom. The maximum Gasteiger partial charge on any atom is 0.303 e. The highest BCUT2D eigenvalue weighted by Gasteiger charge is 2.30. The number of hydrogen-bond acceptors (Lipinski definition) is 7. The van der Waals surface area contributed by atoms with Crippen LogP contribution in [0.1, 0.15) is 51.2 Å². The molecule has 4 rings (SSSR count). The molecule has 1 aliphatic rings. The van der Waals surface area contributed by atoms with Gasteiger partial charge in [0.25, 0.3) is 0 Å². The van der Waals surface area contributed by atoms with Gasteiger partial charge in [0.05, 0.1) is 31.0 Å². The van der Waals surface area contributed by atoms with E-state index in [1.165, 1.54) is 0 Å². The normalized spacial score (nSPS) is 15.5. The molecular formula is C30H36N4O5. The lowest BCUT2D eigenvalue weighted by Crippen LogP contribution is -2.42. The summed E-state index contributed by atoms with van der Waals surface area (Å²) in [6, 6.07) is 15.2. The van der Waals surface area contributed by atoms with Gasteiger partial charge in [0.2, 0.25) is 5.91 Å². The second kappa shape index (κ2) is 12.6. The summed E-state index contributed by atoms with van der Waals surface area (Å²) in [5, 5.41) is 11.8. The lowest BCUT2D eigenvalue weighted by Gasteiger charge is -2.34. The Balaban J connectivity index is 1.40. The first-order chi connectivity index (χ1) is 18.8. The predicted octanol–water partition coefficient (Wildman–Crippen LogP) is 4.86. The maximum absolute atomic E-state index is 13.3. The molecule has 1 amide bonds. The minimum absolute atomic E-state index is 0.0298. The number of carboxylic acids is 1. The van der Waals surface area contributed by atoms with Crippen LogP contribution in [0.4, 0.5) is 11.6 Å². The zero-order valence-electron chi connectivity index (χ0n) is 22.7. The fraction of sp³-hybridized carbons (Fsp3) is 0.400. The lowest BCUT2D eigenvalue weighted by molar-refractivity contribution is -0.137. The van der Waals surface area contributed by atoms with E-state index >= 15 is 0 Å². The molecule has 1 atom stereocenters. The average Bonchev–Trinajstić information content (AvgIpc) is 2.93. The van der Waals surface area contributed by atoms with Crippen molar-refractivity contribution in [1.82, 2.24) is 9.97 Å². The molecule has 1 fully saturated rings. The number of carbonyl (C=O) groups excluding carboxylic acids is 1. The quantitative estimate of drug-likeness (QED) is 0.360. The monoisotopic (exact) mass is 532 g/mol. The van der Waals surface area contributed by atoms with Gasteiger partial charge in [-0.25, -0.2) is 4.98 Å². The van der Waals surface area contributed by atoms with Crippen LogP contribution in [0.3, 0.4) is 0 Å². The number of ether oxygens (including phenoxy) is 2. The van der Waals surface area contributed by atoms with E-state index in [0.29, 0.717) is 31.2 Å². The van der Waals surface area contributed by atoms with Gasteiger partial charge in [0.1, 0.15) is 11.9 Å². The topological polar surface area (TPSA) is 114 Å². The first-order valence-corrected chi connectivity index (χ1v) is 13.3. The molecule has 9 nitrogen and oxygen atoms in total. The van der Waals surface area contributed by atoms with Crippen molar-refractivity contribution < 1.29 is 24.2 Å². The number of nitrogens with zero attached hydrogens (tertiary/aromatic N) is 3. The summed E-state index contributed by atoms with van der Waals surface area (Å²) in [6.45, 7) is 7.67. The van der Waals surface area contributed by atoms with Crippen molar-refractivity contribution in [3.63, 3.8) is 0 Å². The third-order valence-electron chi connectivity index (χ3n) is 6.88. The smallest absolute Gasteiger partial charge is 0.303 e. The van der Waals surface area contributed by atoms with E-state index in [0.717, 1.165) is 42.0 Å². The van der Waals surface area contributed by atoms with Crippen molar-refractivity contribution in [2.24, 2.45) is 0 Å². The second-order valence-corrected chi connectivity index (χ2v) is 10.1. The van der Waals surface area contributed by atoms with Crippen LogP contribution >= 0.6 is 0 Å². The maximum atomic E-state index is 13.3. The van der Waals surface area contributed by atoms with Gasteiger partial charge in [-0.2, -0.15) is 0 Å². The Kier molecular flexibility index (Phi) is 9.01. The number of para-hydroxylation sites is 2. The number of anilines is 2. The molecule has 2 aromatic carbocycles. The van der Waals surface area contributed by atoms with Crippen LogP contribution in [0.25, 0.3) is 0 Å². The molecule has 0 aliphatic carbocycles. The molecule has 1 aromatic heterocycles. The summed E-state index contributed by atoms with van der Waals surface area (Å²) in [7, 11) is 0. The van der Waals surface area contributed by atoms with Crippen LogP contribution in [0.2, 0.25) is 0 Å². The number of hydrogen-bond donors (Lipinski definition) is 2. The number of aromatic nitrogens is 2. The summed E-state index contributed by atoms with van der Waals surface area (Å²) in [5.41, 5.74) is 0.911. The third kappa shape index (κ3) is 7.25. The van der Waals surface area contributed by atoms with Crippen molar-refractivity contribution in [2.75, 3.05) is 29.9 Å². The Bertz CT molecular complexity index is 1280. The van der Waals surface area contributed by atoms with Crippen LogP contribution in [0.15, 0.2) is 60.9 Å². The highest BCUT2D eigenvalue weighted by Crippen LogP contribution is 2.30. The number of benzene rings is 2. The molecule has 1 aliphatic heterocycles. The Morgan fingerprint density at radius 2 is 1.85 bits per heavy atom. The second-order valence-electron chi connectivity index (χ2n) is 10.1. The van der Waals surface area contributed by atoms with E-state index in [1.54, 1.807) is 12.4 Å². The SMILES string of the molecule is CCOc1ccccc1O[C@@H]1CCCN(c2cncc(NC(=O)C(C)(C)c3ccc(CCC(=O)O)cc3)n2)C1. The number of nitrogens with one attached hydrogen (secondary N) is 1. The van der Waals surface area contributed by atoms with Crippen molar-refractivity contribution in [3.05, 3.63) is 72.1 Å². The van der Waals surface area contributed by atoms with E-state index < -0.39 is 11.4 Å². The molecule has 0 radical (unpaired) electrons. The predicted molar refractivity (Wildman–Crippen MR) is 150 cm³/mol. The molecule has 9 heteroatoms. The summed E-state index contributed by atoms with van der Waals surface area (Å²) in [6.07, 6.45) is 5.60. The molecule has 206 valence electrons. The van der Waals surface area contributed by atoms with Crippen LogP contribution in [0, 0.1) is 0 Å². The summed E-state index contributed by atoms with van der Waals surface area (Å²) in [4.78, 5) is 35.2. The van der Waals surface area contributed by atoms with Crippen molar-refractivity contribution in [1.29, 1.82) is 0 Å². The molecule has 2 N–H and O–H groups in total. The van der Waals surface area contributed by atoms with E-state index in [9.17, 15) is 9.59 Å². The minimum atomic E-state index is -0.832. The molecular weight excluding hydrogens is 496 g/mol. The largest absolute Gasteiger partial charge is 0.490 e. The van der Waals surface area contributed by atoms with Crippen molar-refractivity contribution in [3.8, 4) is 11.5 Å². The van der Waals surface area contributed by atoms with Gasteiger partial charge in [0.15, 0.2) is 17.3 Å². The van der Waals surface area contributed by atoms with Crippen LogP contribution < -0.4 is 19.7 Å². The Labute approximate surface area is 229 Å². The zero-order chi connectivity index (χ0) is 27.8. The standard InChI is InChI=1S/C30H36N4O5/c1-4-38-24-9-5-6-10-25(24)39-23-8-7-17-34(20-23)27-19-31-18-26(32-27)33-29(37)30(2,3)22-14-11-21(12-15-22)13-16-28(35)36/h5-6,9-12,14-15,18-19,23H,4,7-8,13,16-17,20H2,1-3H3,(H,35,36)(H,32,33,37)/t23-/m1/s1. The van der Waals surface area contributed by atoms with Crippen LogP contribution in [-0.2, 0) is 21.4 Å². The number of carboxylic acid groups (broad SMARTS) is 1. The van der Waals surface area contributed by atoms with Gasteiger partial charge in [-0.05, 0) is 63.3 Å². The van der Waals surface area contributed by atoms with Crippen LogP contribution in [0.5, 0.6) is 11.5 Å². The third-order valence-corrected chi connectivity index (χ3v) is 6.88. The number of carbonyl (C=O) groups is 2. The highest BCUT2D eigenvalue weighted by molar-refractivity contribution is 5.97. The van der Waals surface area contributed by atoms with Crippen molar-refractivity contribution >= 4 is 23.5 Å². The Morgan fingerprint density at radius 1 is 1.10 bits per heavy atom. The van der Waals surface area contributed by atoms with Gasteiger partial charge in [-0.3, -0.25) is 14.6 Å². The lowest BCUT2D eigenvalue weighted by atomic mass is 9.83. The van der Waals surface area contributed by atoms with E-state index in [1.807, 2.05) is 69.3 Å². The summed E-state index contributed by atoms with van der Waals surface area (Å²) in [5.74, 6) is 1.49.